The number of benzene rings is 1. The van der Waals surface area contributed by atoms with E-state index >= 15 is 0 Å². The second-order valence-electron chi connectivity index (χ2n) is 3.56. The number of aliphatic hydroxyl groups excluding tert-OH is 1. The average molecular weight is 273 g/mol. The standard InChI is InChI=1S/C12H10Cl2OS/c1-7-5-10(16-12(7)14)11(15)8-3-2-4-9(13)6-8/h2-6,11,15H,1H3. The molecule has 0 radical (unpaired) electrons. The van der Waals surface area contributed by atoms with Crippen LogP contribution in [0.4, 0.5) is 0 Å². The van der Waals surface area contributed by atoms with Crippen molar-refractivity contribution in [2.75, 3.05) is 0 Å². The molecule has 0 fully saturated rings. The van der Waals surface area contributed by atoms with Gasteiger partial charge in [-0.25, -0.2) is 0 Å². The van der Waals surface area contributed by atoms with Crippen LogP contribution in [-0.4, -0.2) is 5.11 Å². The fourth-order valence-corrected chi connectivity index (χ4v) is 2.89. The SMILES string of the molecule is Cc1cc(C(O)c2cccc(Cl)c2)sc1Cl. The third-order valence-corrected chi connectivity index (χ3v) is 4.15. The smallest absolute Gasteiger partial charge is 0.113 e. The first kappa shape index (κ1) is 11.9. The summed E-state index contributed by atoms with van der Waals surface area (Å²) in [7, 11) is 0. The lowest BCUT2D eigenvalue weighted by molar-refractivity contribution is 0.224. The van der Waals surface area contributed by atoms with Crippen LogP contribution in [0.15, 0.2) is 30.3 Å². The number of aliphatic hydroxyl groups is 1. The highest BCUT2D eigenvalue weighted by Crippen LogP contribution is 2.34. The fraction of sp³-hybridized carbons (Fsp3) is 0.167. The van der Waals surface area contributed by atoms with Crippen molar-refractivity contribution < 1.29 is 5.11 Å². The maximum absolute atomic E-state index is 10.1. The molecule has 1 unspecified atom stereocenters. The van der Waals surface area contributed by atoms with Gasteiger partial charge in [-0.2, -0.15) is 0 Å². The lowest BCUT2D eigenvalue weighted by atomic mass is 10.1. The predicted octanol–water partition coefficient (Wildman–Crippen LogP) is 4.45. The Kier molecular flexibility index (Phi) is 3.55. The van der Waals surface area contributed by atoms with E-state index in [4.69, 9.17) is 23.2 Å². The molecule has 0 saturated heterocycles. The second kappa shape index (κ2) is 4.76. The molecule has 4 heteroatoms. The van der Waals surface area contributed by atoms with Crippen LogP contribution < -0.4 is 0 Å². The van der Waals surface area contributed by atoms with E-state index in [2.05, 4.69) is 0 Å². The summed E-state index contributed by atoms with van der Waals surface area (Å²) >= 11 is 13.2. The topological polar surface area (TPSA) is 20.2 Å². The van der Waals surface area contributed by atoms with E-state index in [0.717, 1.165) is 20.3 Å². The van der Waals surface area contributed by atoms with Crippen LogP contribution in [0.2, 0.25) is 9.36 Å². The van der Waals surface area contributed by atoms with Gasteiger partial charge in [-0.3, -0.25) is 0 Å². The van der Waals surface area contributed by atoms with Gasteiger partial charge in [-0.05, 0) is 36.2 Å². The molecule has 2 rings (SSSR count). The summed E-state index contributed by atoms with van der Waals surface area (Å²) in [5.74, 6) is 0. The van der Waals surface area contributed by atoms with Gasteiger partial charge in [0.2, 0.25) is 0 Å². The van der Waals surface area contributed by atoms with Crippen molar-refractivity contribution in [2.24, 2.45) is 0 Å². The Bertz CT molecular complexity index is 488. The summed E-state index contributed by atoms with van der Waals surface area (Å²) in [4.78, 5) is 0.838. The molecule has 1 nitrogen and oxygen atoms in total. The molecular weight excluding hydrogens is 263 g/mol. The van der Waals surface area contributed by atoms with Crippen LogP contribution in [0.1, 0.15) is 22.1 Å². The third kappa shape index (κ3) is 2.41. The number of hydrogen-bond donors (Lipinski definition) is 1. The summed E-state index contributed by atoms with van der Waals surface area (Å²) < 4.78 is 0.719. The maximum atomic E-state index is 10.1. The van der Waals surface area contributed by atoms with Gasteiger partial charge in [0.1, 0.15) is 6.10 Å². The number of thiophene rings is 1. The van der Waals surface area contributed by atoms with E-state index in [1.165, 1.54) is 11.3 Å². The number of hydrogen-bond acceptors (Lipinski definition) is 2. The van der Waals surface area contributed by atoms with Gasteiger partial charge in [-0.15, -0.1) is 11.3 Å². The Morgan fingerprint density at radius 1 is 1.25 bits per heavy atom. The second-order valence-corrected chi connectivity index (χ2v) is 5.69. The molecule has 1 atom stereocenters. The van der Waals surface area contributed by atoms with Crippen molar-refractivity contribution in [3.05, 3.63) is 55.7 Å². The molecule has 16 heavy (non-hydrogen) atoms. The first-order chi connectivity index (χ1) is 7.58. The van der Waals surface area contributed by atoms with Crippen LogP contribution in [0.5, 0.6) is 0 Å². The van der Waals surface area contributed by atoms with Crippen LogP contribution in [0.25, 0.3) is 0 Å². The summed E-state index contributed by atoms with van der Waals surface area (Å²) in [5, 5.41) is 10.8. The number of halogens is 2. The molecule has 0 bridgehead atoms. The lowest BCUT2D eigenvalue weighted by Crippen LogP contribution is -1.96. The quantitative estimate of drug-likeness (QED) is 0.857. The number of rotatable bonds is 2. The molecule has 0 amide bonds. The van der Waals surface area contributed by atoms with Gasteiger partial charge in [0.15, 0.2) is 0 Å². The van der Waals surface area contributed by atoms with Gasteiger partial charge in [0, 0.05) is 9.90 Å². The molecule has 1 heterocycles. The zero-order valence-corrected chi connectivity index (χ0v) is 10.9. The Morgan fingerprint density at radius 3 is 2.56 bits per heavy atom. The molecule has 0 saturated carbocycles. The molecular formula is C12H10Cl2OS. The molecule has 0 aliphatic carbocycles. The van der Waals surface area contributed by atoms with E-state index in [1.54, 1.807) is 12.1 Å². The maximum Gasteiger partial charge on any atom is 0.113 e. The van der Waals surface area contributed by atoms with E-state index in [0.29, 0.717) is 5.02 Å². The molecule has 0 aliphatic rings. The van der Waals surface area contributed by atoms with Crippen molar-refractivity contribution in [2.45, 2.75) is 13.0 Å². The fourth-order valence-electron chi connectivity index (χ4n) is 1.46. The first-order valence-electron chi connectivity index (χ1n) is 4.77. The normalized spacial score (nSPS) is 12.8. The Hall–Kier alpha value is -0.540. The lowest BCUT2D eigenvalue weighted by Gasteiger charge is -2.08. The Morgan fingerprint density at radius 2 is 2.00 bits per heavy atom. The molecule has 0 aliphatic heterocycles. The molecule has 84 valence electrons. The van der Waals surface area contributed by atoms with Crippen LogP contribution in [-0.2, 0) is 0 Å². The van der Waals surface area contributed by atoms with Crippen LogP contribution in [0.3, 0.4) is 0 Å². The van der Waals surface area contributed by atoms with Gasteiger partial charge < -0.3 is 5.11 Å². The third-order valence-electron chi connectivity index (χ3n) is 2.31. The molecule has 1 N–H and O–H groups in total. The number of aryl methyl sites for hydroxylation is 1. The van der Waals surface area contributed by atoms with Gasteiger partial charge in [-0.1, -0.05) is 35.3 Å². The molecule has 1 aromatic heterocycles. The summed E-state index contributed by atoms with van der Waals surface area (Å²) in [6, 6.07) is 9.11. The van der Waals surface area contributed by atoms with Crippen molar-refractivity contribution in [1.82, 2.24) is 0 Å². The zero-order valence-electron chi connectivity index (χ0n) is 8.58. The van der Waals surface area contributed by atoms with Crippen molar-refractivity contribution >= 4 is 34.5 Å². The summed E-state index contributed by atoms with van der Waals surface area (Å²) in [6.45, 7) is 1.92. The van der Waals surface area contributed by atoms with Crippen LogP contribution in [0, 0.1) is 6.92 Å². The van der Waals surface area contributed by atoms with Gasteiger partial charge in [0.25, 0.3) is 0 Å². The van der Waals surface area contributed by atoms with Crippen molar-refractivity contribution in [1.29, 1.82) is 0 Å². The van der Waals surface area contributed by atoms with E-state index < -0.39 is 6.10 Å². The van der Waals surface area contributed by atoms with Crippen molar-refractivity contribution in [3.63, 3.8) is 0 Å². The minimum Gasteiger partial charge on any atom is -0.383 e. The monoisotopic (exact) mass is 272 g/mol. The summed E-state index contributed by atoms with van der Waals surface area (Å²) in [5.41, 5.74) is 1.77. The average Bonchev–Trinajstić information content (AvgIpc) is 2.58. The van der Waals surface area contributed by atoms with Crippen LogP contribution >= 0.6 is 34.5 Å². The highest BCUT2D eigenvalue weighted by atomic mass is 35.5. The van der Waals surface area contributed by atoms with E-state index in [1.807, 2.05) is 25.1 Å². The summed E-state index contributed by atoms with van der Waals surface area (Å²) in [6.07, 6.45) is -0.658. The van der Waals surface area contributed by atoms with Gasteiger partial charge in [0.05, 0.1) is 4.34 Å². The van der Waals surface area contributed by atoms with E-state index in [9.17, 15) is 5.11 Å². The minimum atomic E-state index is -0.658. The highest BCUT2D eigenvalue weighted by molar-refractivity contribution is 7.16. The van der Waals surface area contributed by atoms with E-state index in [-0.39, 0.29) is 0 Å². The molecule has 0 spiro atoms. The largest absolute Gasteiger partial charge is 0.383 e. The molecule has 2 aromatic rings. The highest BCUT2D eigenvalue weighted by Gasteiger charge is 2.14. The Balaban J connectivity index is 2.35. The Labute approximate surface area is 108 Å². The van der Waals surface area contributed by atoms with Crippen molar-refractivity contribution in [3.8, 4) is 0 Å². The zero-order chi connectivity index (χ0) is 11.7. The first-order valence-corrected chi connectivity index (χ1v) is 6.34. The van der Waals surface area contributed by atoms with Gasteiger partial charge >= 0.3 is 0 Å². The molecule has 1 aromatic carbocycles. The minimum absolute atomic E-state index is 0.621. The predicted molar refractivity (Wildman–Crippen MR) is 69.6 cm³/mol.